The molecule has 3 aromatic heterocycles. The van der Waals surface area contributed by atoms with E-state index in [0.717, 1.165) is 35.2 Å². The Hall–Kier alpha value is -6.71. The highest BCUT2D eigenvalue weighted by atomic mass is 15.1. The van der Waals surface area contributed by atoms with Crippen molar-refractivity contribution in [2.75, 3.05) is 0 Å². The fourth-order valence-electron chi connectivity index (χ4n) is 9.92. The first kappa shape index (κ1) is 30.7. The van der Waals surface area contributed by atoms with Crippen LogP contribution in [0.1, 0.15) is 42.7 Å². The average molecular weight is 704 g/mol. The van der Waals surface area contributed by atoms with Crippen LogP contribution in [0.15, 0.2) is 158 Å². The van der Waals surface area contributed by atoms with E-state index in [9.17, 15) is 0 Å². The molecular formula is C52H37N3. The summed E-state index contributed by atoms with van der Waals surface area (Å²) in [6.07, 6.45) is 6.74. The third-order valence-electron chi connectivity index (χ3n) is 12.5. The Morgan fingerprint density at radius 1 is 0.527 bits per heavy atom. The number of nitrogens with zero attached hydrogens (tertiary/aromatic N) is 3. The van der Waals surface area contributed by atoms with Gasteiger partial charge in [0.25, 0.3) is 0 Å². The number of para-hydroxylation sites is 2. The second-order valence-electron chi connectivity index (χ2n) is 15.9. The van der Waals surface area contributed by atoms with Gasteiger partial charge < -0.3 is 4.57 Å². The van der Waals surface area contributed by atoms with Crippen molar-refractivity contribution in [2.45, 2.75) is 32.1 Å². The molecule has 0 saturated carbocycles. The Morgan fingerprint density at radius 3 is 2.22 bits per heavy atom. The van der Waals surface area contributed by atoms with Crippen molar-refractivity contribution >= 4 is 60.5 Å². The molecule has 2 aliphatic carbocycles. The van der Waals surface area contributed by atoms with E-state index in [0.29, 0.717) is 0 Å². The molecule has 0 saturated heterocycles. The van der Waals surface area contributed by atoms with E-state index in [1.54, 1.807) is 0 Å². The molecule has 0 aliphatic heterocycles. The van der Waals surface area contributed by atoms with Gasteiger partial charge in [-0.15, -0.1) is 0 Å². The molecule has 0 radical (unpaired) electrons. The number of hydrogen-bond donors (Lipinski definition) is 0. The molecule has 0 fully saturated rings. The highest BCUT2D eigenvalue weighted by molar-refractivity contribution is 6.15. The summed E-state index contributed by atoms with van der Waals surface area (Å²) < 4.78 is 4.91. The van der Waals surface area contributed by atoms with Gasteiger partial charge in [-0.25, -0.2) is 4.98 Å². The molecule has 260 valence electrons. The van der Waals surface area contributed by atoms with Gasteiger partial charge in [-0.1, -0.05) is 123 Å². The zero-order chi connectivity index (χ0) is 36.4. The van der Waals surface area contributed by atoms with Crippen LogP contribution in [0.2, 0.25) is 0 Å². The number of benzene rings is 7. The zero-order valence-electron chi connectivity index (χ0n) is 30.8. The Morgan fingerprint density at radius 2 is 1.31 bits per heavy atom. The predicted molar refractivity (Wildman–Crippen MR) is 231 cm³/mol. The summed E-state index contributed by atoms with van der Waals surface area (Å²) in [5.74, 6) is 0.928. The van der Waals surface area contributed by atoms with Crippen LogP contribution >= 0.6 is 0 Å². The van der Waals surface area contributed by atoms with Crippen molar-refractivity contribution < 1.29 is 0 Å². The number of pyridine rings is 1. The molecule has 0 atom stereocenters. The highest BCUT2D eigenvalue weighted by Gasteiger charge is 2.36. The summed E-state index contributed by atoms with van der Waals surface area (Å²) in [7, 11) is 0. The van der Waals surface area contributed by atoms with Gasteiger partial charge >= 0.3 is 0 Å². The Balaban J connectivity index is 1.20. The fourth-order valence-corrected chi connectivity index (χ4v) is 9.92. The minimum Gasteiger partial charge on any atom is -0.313 e. The van der Waals surface area contributed by atoms with E-state index in [4.69, 9.17) is 4.98 Å². The van der Waals surface area contributed by atoms with Crippen molar-refractivity contribution in [3.63, 3.8) is 0 Å². The molecular weight excluding hydrogens is 667 g/mol. The van der Waals surface area contributed by atoms with Crippen molar-refractivity contribution in [2.24, 2.45) is 0 Å². The lowest BCUT2D eigenvalue weighted by Crippen LogP contribution is -2.15. The van der Waals surface area contributed by atoms with Crippen molar-refractivity contribution in [1.29, 1.82) is 0 Å². The van der Waals surface area contributed by atoms with Crippen molar-refractivity contribution in [3.8, 4) is 33.8 Å². The lowest BCUT2D eigenvalue weighted by atomic mass is 9.82. The minimum absolute atomic E-state index is 0.129. The molecule has 7 aromatic carbocycles. The van der Waals surface area contributed by atoms with Crippen LogP contribution in [0, 0.1) is 0 Å². The first-order chi connectivity index (χ1) is 27.0. The van der Waals surface area contributed by atoms with Gasteiger partial charge in [0, 0.05) is 43.9 Å². The number of hydrogen-bond acceptors (Lipinski definition) is 1. The largest absolute Gasteiger partial charge is 0.313 e. The second kappa shape index (κ2) is 11.2. The lowest BCUT2D eigenvalue weighted by Gasteiger charge is -2.22. The first-order valence-electron chi connectivity index (χ1n) is 19.4. The third-order valence-corrected chi connectivity index (χ3v) is 12.5. The van der Waals surface area contributed by atoms with Gasteiger partial charge in [0.05, 0.1) is 22.1 Å². The molecule has 3 heteroatoms. The quantitative estimate of drug-likeness (QED) is 0.180. The van der Waals surface area contributed by atoms with Crippen LogP contribution in [-0.4, -0.2) is 14.1 Å². The monoisotopic (exact) mass is 703 g/mol. The van der Waals surface area contributed by atoms with Crippen LogP contribution < -0.4 is 0 Å². The topological polar surface area (TPSA) is 22.8 Å². The number of aromatic nitrogens is 3. The minimum atomic E-state index is -0.129. The van der Waals surface area contributed by atoms with Gasteiger partial charge in [-0.2, -0.15) is 0 Å². The Bertz CT molecular complexity index is 3280. The van der Waals surface area contributed by atoms with Crippen LogP contribution in [0.3, 0.4) is 0 Å². The standard InChI is InChI=1S/C52H37N3/c1-52(2)44-21-11-8-18-36(44)40-27-41-39(34-25-24-32-14-6-7-15-33(32)26-34)29-51(53-46(41)30-45(40)52)55-48-23-13-10-20-38(48)43-28-42-37-19-9-12-22-47(37)54(49(42)31-50(43)55)35-16-4-3-5-17-35/h3-11,13-21,23-31H,12,22H2,1-2H3. The molecule has 10 aromatic rings. The van der Waals surface area contributed by atoms with E-state index >= 15 is 0 Å². The Kier molecular flexibility index (Phi) is 6.23. The maximum absolute atomic E-state index is 5.64. The molecule has 0 N–H and O–H groups in total. The Labute approximate surface area is 319 Å². The van der Waals surface area contributed by atoms with E-state index in [1.165, 1.54) is 88.2 Å². The van der Waals surface area contributed by atoms with E-state index < -0.39 is 0 Å². The first-order valence-corrected chi connectivity index (χ1v) is 19.4. The normalized spacial score (nSPS) is 14.3. The molecule has 0 bridgehead atoms. The molecule has 0 spiro atoms. The third kappa shape index (κ3) is 4.29. The summed E-state index contributed by atoms with van der Waals surface area (Å²) in [4.78, 5) is 5.64. The molecule has 55 heavy (non-hydrogen) atoms. The van der Waals surface area contributed by atoms with Crippen LogP contribution in [-0.2, 0) is 11.8 Å². The molecule has 0 amide bonds. The average Bonchev–Trinajstić information content (AvgIpc) is 3.81. The van der Waals surface area contributed by atoms with Crippen LogP contribution in [0.4, 0.5) is 0 Å². The molecule has 12 rings (SSSR count). The van der Waals surface area contributed by atoms with Gasteiger partial charge in [0.1, 0.15) is 5.82 Å². The van der Waals surface area contributed by atoms with E-state index in [2.05, 4.69) is 187 Å². The smallest absolute Gasteiger partial charge is 0.138 e. The molecule has 3 nitrogen and oxygen atoms in total. The number of rotatable bonds is 3. The predicted octanol–water partition coefficient (Wildman–Crippen LogP) is 13.4. The van der Waals surface area contributed by atoms with E-state index in [1.807, 2.05) is 0 Å². The number of allylic oxidation sites excluding steroid dienone is 1. The summed E-state index contributed by atoms with van der Waals surface area (Å²) >= 11 is 0. The zero-order valence-corrected chi connectivity index (χ0v) is 30.8. The van der Waals surface area contributed by atoms with Gasteiger partial charge in [0.15, 0.2) is 0 Å². The maximum Gasteiger partial charge on any atom is 0.138 e. The summed E-state index contributed by atoms with van der Waals surface area (Å²) in [5.41, 5.74) is 16.1. The van der Waals surface area contributed by atoms with Crippen LogP contribution in [0.25, 0.3) is 94.2 Å². The van der Waals surface area contributed by atoms with Crippen molar-refractivity contribution in [1.82, 2.24) is 14.1 Å². The SMILES string of the molecule is CC1(C)c2ccccc2-c2cc3c(-c4ccc5ccccc5c4)cc(-n4c5ccccc5c5cc6c7c(n(-c8ccccc8)c6cc54)CCC=C7)nc3cc21. The highest BCUT2D eigenvalue weighted by Crippen LogP contribution is 2.51. The molecule has 0 unspecified atom stereocenters. The van der Waals surface area contributed by atoms with E-state index in [-0.39, 0.29) is 5.41 Å². The number of fused-ring (bicyclic) bond motifs is 11. The van der Waals surface area contributed by atoms with Gasteiger partial charge in [-0.3, -0.25) is 4.57 Å². The second-order valence-corrected chi connectivity index (χ2v) is 15.9. The lowest BCUT2D eigenvalue weighted by molar-refractivity contribution is 0.661. The molecule has 2 aliphatic rings. The maximum atomic E-state index is 5.64. The fraction of sp³-hybridized carbons (Fsp3) is 0.0962. The molecule has 3 heterocycles. The van der Waals surface area contributed by atoms with Gasteiger partial charge in [0.2, 0.25) is 0 Å². The summed E-state index contributed by atoms with van der Waals surface area (Å²) in [6, 6.07) is 56.2. The van der Waals surface area contributed by atoms with Crippen LogP contribution in [0.5, 0.6) is 0 Å². The van der Waals surface area contributed by atoms with Crippen molar-refractivity contribution in [3.05, 3.63) is 180 Å². The van der Waals surface area contributed by atoms with Gasteiger partial charge in [-0.05, 0) is 112 Å². The summed E-state index contributed by atoms with van der Waals surface area (Å²) in [6.45, 7) is 4.71. The summed E-state index contributed by atoms with van der Waals surface area (Å²) in [5, 5.41) is 7.43.